The predicted octanol–water partition coefficient (Wildman–Crippen LogP) is 3.51. The largest absolute Gasteiger partial charge is 0.493 e. The van der Waals surface area contributed by atoms with Crippen molar-refractivity contribution in [3.63, 3.8) is 0 Å². The summed E-state index contributed by atoms with van der Waals surface area (Å²) in [5.74, 6) is 1.47. The lowest BCUT2D eigenvalue weighted by Crippen LogP contribution is -2.46. The molecule has 7 nitrogen and oxygen atoms in total. The Morgan fingerprint density at radius 1 is 0.935 bits per heavy atom. The zero-order valence-electron chi connectivity index (χ0n) is 18.3. The first-order valence-corrected chi connectivity index (χ1v) is 10.7. The highest BCUT2D eigenvalue weighted by Gasteiger charge is 2.18. The van der Waals surface area contributed by atoms with Crippen LogP contribution >= 0.6 is 11.6 Å². The molecule has 1 heterocycles. The summed E-state index contributed by atoms with van der Waals surface area (Å²) in [6.07, 6.45) is 0.424. The number of anilines is 1. The van der Waals surface area contributed by atoms with Gasteiger partial charge in [-0.2, -0.15) is 0 Å². The van der Waals surface area contributed by atoms with Crippen LogP contribution in [0.1, 0.15) is 12.0 Å². The standard InChI is InChI=1S/C23H30ClN3O4/c1-29-20-14-19(15-21(30-2)23(20)31-3)25-22(28)8-9-26-10-12-27(13-11-26)16-17-4-6-18(24)7-5-17/h4-7,14-15H,8-13,16H2,1-3H3,(H,25,28). The van der Waals surface area contributed by atoms with Gasteiger partial charge in [0.1, 0.15) is 0 Å². The second-order valence-corrected chi connectivity index (χ2v) is 7.89. The zero-order valence-corrected chi connectivity index (χ0v) is 19.1. The Balaban J connectivity index is 1.45. The van der Waals surface area contributed by atoms with Gasteiger partial charge in [-0.25, -0.2) is 0 Å². The van der Waals surface area contributed by atoms with E-state index in [2.05, 4.69) is 27.2 Å². The molecule has 1 aliphatic rings. The van der Waals surface area contributed by atoms with Crippen molar-refractivity contribution in [3.05, 3.63) is 47.0 Å². The molecule has 0 aromatic heterocycles. The van der Waals surface area contributed by atoms with E-state index in [0.717, 1.165) is 44.3 Å². The van der Waals surface area contributed by atoms with Crippen LogP contribution in [0.4, 0.5) is 5.69 Å². The van der Waals surface area contributed by atoms with Crippen LogP contribution < -0.4 is 19.5 Å². The van der Waals surface area contributed by atoms with E-state index in [1.165, 1.54) is 5.56 Å². The van der Waals surface area contributed by atoms with E-state index >= 15 is 0 Å². The molecule has 0 unspecified atom stereocenters. The number of hydrogen-bond acceptors (Lipinski definition) is 6. The van der Waals surface area contributed by atoms with Crippen LogP contribution in [0.3, 0.4) is 0 Å². The molecule has 2 aromatic rings. The maximum Gasteiger partial charge on any atom is 0.225 e. The highest BCUT2D eigenvalue weighted by molar-refractivity contribution is 6.30. The van der Waals surface area contributed by atoms with Gasteiger partial charge in [-0.05, 0) is 17.7 Å². The molecule has 1 aliphatic heterocycles. The fraction of sp³-hybridized carbons (Fsp3) is 0.435. The SMILES string of the molecule is COc1cc(NC(=O)CCN2CCN(Cc3ccc(Cl)cc3)CC2)cc(OC)c1OC. The molecule has 1 fully saturated rings. The summed E-state index contributed by atoms with van der Waals surface area (Å²) in [6.45, 7) is 5.52. The molecule has 1 amide bonds. The Morgan fingerprint density at radius 3 is 2.06 bits per heavy atom. The van der Waals surface area contributed by atoms with Crippen molar-refractivity contribution < 1.29 is 19.0 Å². The van der Waals surface area contributed by atoms with E-state index in [4.69, 9.17) is 25.8 Å². The van der Waals surface area contributed by atoms with Crippen LogP contribution in [0.15, 0.2) is 36.4 Å². The molecule has 2 aromatic carbocycles. The third-order valence-electron chi connectivity index (χ3n) is 5.39. The van der Waals surface area contributed by atoms with Gasteiger partial charge in [-0.1, -0.05) is 23.7 Å². The van der Waals surface area contributed by atoms with E-state index in [9.17, 15) is 4.79 Å². The summed E-state index contributed by atoms with van der Waals surface area (Å²) in [5, 5.41) is 3.69. The molecule has 1 saturated heterocycles. The summed E-state index contributed by atoms with van der Waals surface area (Å²) in [5.41, 5.74) is 1.88. The van der Waals surface area contributed by atoms with Gasteiger partial charge in [-0.15, -0.1) is 0 Å². The number of amides is 1. The first-order chi connectivity index (χ1) is 15.0. The van der Waals surface area contributed by atoms with E-state index in [0.29, 0.717) is 29.4 Å². The van der Waals surface area contributed by atoms with Crippen molar-refractivity contribution in [2.24, 2.45) is 0 Å². The number of ether oxygens (including phenoxy) is 3. The predicted molar refractivity (Wildman–Crippen MR) is 123 cm³/mol. The average molecular weight is 448 g/mol. The summed E-state index contributed by atoms with van der Waals surface area (Å²) in [7, 11) is 4.65. The quantitative estimate of drug-likeness (QED) is 0.634. The molecule has 0 aliphatic carbocycles. The highest BCUT2D eigenvalue weighted by Crippen LogP contribution is 2.39. The number of nitrogens with zero attached hydrogens (tertiary/aromatic N) is 2. The van der Waals surface area contributed by atoms with Gasteiger partial charge in [0, 0.05) is 68.5 Å². The number of piperazine rings is 1. The lowest BCUT2D eigenvalue weighted by Gasteiger charge is -2.34. The van der Waals surface area contributed by atoms with Crippen molar-refractivity contribution in [2.75, 3.05) is 59.4 Å². The minimum Gasteiger partial charge on any atom is -0.493 e. The molecule has 31 heavy (non-hydrogen) atoms. The number of carbonyl (C=O) groups excluding carboxylic acids is 1. The van der Waals surface area contributed by atoms with Crippen LogP contribution in [-0.4, -0.2) is 69.8 Å². The van der Waals surface area contributed by atoms with E-state index < -0.39 is 0 Å². The summed E-state index contributed by atoms with van der Waals surface area (Å²) >= 11 is 5.96. The Kier molecular flexibility index (Phi) is 8.40. The first-order valence-electron chi connectivity index (χ1n) is 10.3. The fourth-order valence-electron chi connectivity index (χ4n) is 3.66. The van der Waals surface area contributed by atoms with E-state index in [-0.39, 0.29) is 5.91 Å². The normalized spacial score (nSPS) is 14.8. The molecule has 0 saturated carbocycles. The first kappa shape index (κ1) is 23.2. The smallest absolute Gasteiger partial charge is 0.225 e. The van der Waals surface area contributed by atoms with Gasteiger partial charge < -0.3 is 24.4 Å². The Morgan fingerprint density at radius 2 is 1.52 bits per heavy atom. The molecule has 0 bridgehead atoms. The third-order valence-corrected chi connectivity index (χ3v) is 5.64. The summed E-state index contributed by atoms with van der Waals surface area (Å²) in [6, 6.07) is 11.5. The van der Waals surface area contributed by atoms with Gasteiger partial charge in [0.05, 0.1) is 21.3 Å². The molecular weight excluding hydrogens is 418 g/mol. The molecule has 1 N–H and O–H groups in total. The molecule has 3 rings (SSSR count). The average Bonchev–Trinajstić information content (AvgIpc) is 2.79. The zero-order chi connectivity index (χ0) is 22.2. The number of benzene rings is 2. The third kappa shape index (κ3) is 6.50. The minimum absolute atomic E-state index is 0.0436. The maximum absolute atomic E-state index is 12.5. The second kappa shape index (κ2) is 11.2. The number of carbonyl (C=O) groups is 1. The highest BCUT2D eigenvalue weighted by atomic mass is 35.5. The van der Waals surface area contributed by atoms with Gasteiger partial charge in [0.25, 0.3) is 0 Å². The van der Waals surface area contributed by atoms with Crippen LogP contribution in [0.2, 0.25) is 5.02 Å². The Hall–Kier alpha value is -2.48. The van der Waals surface area contributed by atoms with Gasteiger partial charge >= 0.3 is 0 Å². The van der Waals surface area contributed by atoms with Crippen molar-refractivity contribution >= 4 is 23.2 Å². The summed E-state index contributed by atoms with van der Waals surface area (Å²) in [4.78, 5) is 17.2. The number of nitrogens with one attached hydrogen (secondary N) is 1. The lowest BCUT2D eigenvalue weighted by atomic mass is 10.2. The molecule has 8 heteroatoms. The fourth-order valence-corrected chi connectivity index (χ4v) is 3.78. The number of halogens is 1. The number of methoxy groups -OCH3 is 3. The Labute approximate surface area is 188 Å². The Bertz CT molecular complexity index is 843. The second-order valence-electron chi connectivity index (χ2n) is 7.46. The van der Waals surface area contributed by atoms with E-state index in [1.54, 1.807) is 33.5 Å². The number of hydrogen-bond donors (Lipinski definition) is 1. The molecule has 0 radical (unpaired) electrons. The van der Waals surface area contributed by atoms with E-state index in [1.807, 2.05) is 12.1 Å². The topological polar surface area (TPSA) is 63.3 Å². The molecule has 168 valence electrons. The monoisotopic (exact) mass is 447 g/mol. The van der Waals surface area contributed by atoms with Crippen LogP contribution in [0.5, 0.6) is 17.2 Å². The molecule has 0 spiro atoms. The van der Waals surface area contributed by atoms with Crippen LogP contribution in [0, 0.1) is 0 Å². The van der Waals surface area contributed by atoms with Gasteiger partial charge in [0.15, 0.2) is 11.5 Å². The van der Waals surface area contributed by atoms with Crippen molar-refractivity contribution in [3.8, 4) is 17.2 Å². The minimum atomic E-state index is -0.0436. The molecule has 0 atom stereocenters. The lowest BCUT2D eigenvalue weighted by molar-refractivity contribution is -0.116. The van der Waals surface area contributed by atoms with Crippen LogP contribution in [0.25, 0.3) is 0 Å². The van der Waals surface area contributed by atoms with Crippen molar-refractivity contribution in [1.29, 1.82) is 0 Å². The molecular formula is C23H30ClN3O4. The van der Waals surface area contributed by atoms with Crippen molar-refractivity contribution in [1.82, 2.24) is 9.80 Å². The number of rotatable bonds is 9. The maximum atomic E-state index is 12.5. The van der Waals surface area contributed by atoms with Crippen LogP contribution in [-0.2, 0) is 11.3 Å². The summed E-state index contributed by atoms with van der Waals surface area (Å²) < 4.78 is 16.0. The van der Waals surface area contributed by atoms with Crippen molar-refractivity contribution in [2.45, 2.75) is 13.0 Å². The van der Waals surface area contributed by atoms with Gasteiger partial charge in [-0.3, -0.25) is 9.69 Å². The van der Waals surface area contributed by atoms with Gasteiger partial charge in [0.2, 0.25) is 11.7 Å².